The van der Waals surface area contributed by atoms with Gasteiger partial charge in [-0.3, -0.25) is 14.4 Å². The molecule has 4 aromatic rings. The smallest absolute Gasteiger partial charge is 0.475 e. The van der Waals surface area contributed by atoms with E-state index in [0.717, 1.165) is 12.8 Å². The number of aromatic nitrogens is 4. The summed E-state index contributed by atoms with van der Waals surface area (Å²) in [7, 11) is 0. The summed E-state index contributed by atoms with van der Waals surface area (Å²) in [5.41, 5.74) is 1.27. The number of nitrogens with zero attached hydrogens (tertiary/aromatic N) is 4. The highest BCUT2D eigenvalue weighted by atomic mass is 19.4. The summed E-state index contributed by atoms with van der Waals surface area (Å²) < 4.78 is 58.5. The zero-order chi connectivity index (χ0) is 50.7. The third-order valence-corrected chi connectivity index (χ3v) is 10.9. The molecule has 22 heteroatoms. The Balaban J connectivity index is 0.00000118. The van der Waals surface area contributed by atoms with Crippen molar-refractivity contribution in [1.82, 2.24) is 41.5 Å². The van der Waals surface area contributed by atoms with E-state index >= 15 is 4.39 Å². The van der Waals surface area contributed by atoms with Gasteiger partial charge in [0.15, 0.2) is 0 Å². The van der Waals surface area contributed by atoms with Crippen LogP contribution < -0.4 is 21.3 Å². The van der Waals surface area contributed by atoms with E-state index in [1.54, 1.807) is 102 Å². The van der Waals surface area contributed by atoms with Crippen LogP contribution in [0.3, 0.4) is 0 Å². The van der Waals surface area contributed by atoms with Gasteiger partial charge in [-0.15, -0.1) is 10.2 Å². The number of aliphatic carboxylic acids is 1. The van der Waals surface area contributed by atoms with Crippen LogP contribution >= 0.6 is 0 Å². The van der Waals surface area contributed by atoms with E-state index in [-0.39, 0.29) is 47.9 Å². The summed E-state index contributed by atoms with van der Waals surface area (Å²) in [4.78, 5) is 76.0. The van der Waals surface area contributed by atoms with Gasteiger partial charge in [-0.2, -0.15) is 18.4 Å². The lowest BCUT2D eigenvalue weighted by Gasteiger charge is -2.29. The number of halogens is 4. The average Bonchev–Trinajstić information content (AvgIpc) is 3.99. The Kier molecular flexibility index (Phi) is 17.4. The van der Waals surface area contributed by atoms with Crippen molar-refractivity contribution >= 4 is 41.6 Å². The van der Waals surface area contributed by atoms with Crippen LogP contribution in [0.15, 0.2) is 66.7 Å². The number of aromatic amines is 1. The van der Waals surface area contributed by atoms with Crippen LogP contribution in [0, 0.1) is 17.7 Å². The molecular formula is C47H57F4N9O9. The zero-order valence-corrected chi connectivity index (χ0v) is 39.0. The van der Waals surface area contributed by atoms with Gasteiger partial charge in [-0.1, -0.05) is 36.4 Å². The number of likely N-dealkylation sites (tertiary alicyclic amines) is 1. The average molecular weight is 968 g/mol. The fourth-order valence-electron chi connectivity index (χ4n) is 7.51. The summed E-state index contributed by atoms with van der Waals surface area (Å²) in [6, 6.07) is 17.2. The van der Waals surface area contributed by atoms with Crippen LogP contribution in [-0.4, -0.2) is 116 Å². The minimum absolute atomic E-state index is 0.125. The molecule has 2 heterocycles. The van der Waals surface area contributed by atoms with Gasteiger partial charge in [-0.05, 0) is 126 Å². The maximum atomic E-state index is 16.0. The first kappa shape index (κ1) is 52.8. The molecule has 0 bridgehead atoms. The molecule has 0 spiro atoms. The second kappa shape index (κ2) is 22.8. The Morgan fingerprint density at radius 2 is 1.46 bits per heavy atom. The van der Waals surface area contributed by atoms with E-state index in [0.29, 0.717) is 60.6 Å². The molecule has 372 valence electrons. The van der Waals surface area contributed by atoms with E-state index in [1.807, 2.05) is 0 Å². The van der Waals surface area contributed by atoms with E-state index < -0.39 is 59.2 Å². The van der Waals surface area contributed by atoms with Gasteiger partial charge in [0.2, 0.25) is 17.6 Å². The maximum absolute atomic E-state index is 16.0. The van der Waals surface area contributed by atoms with Crippen LogP contribution in [0.2, 0.25) is 0 Å². The Morgan fingerprint density at radius 1 is 0.841 bits per heavy atom. The number of carboxylic acids is 1. The molecule has 5 amide bonds. The van der Waals surface area contributed by atoms with Crippen molar-refractivity contribution in [2.75, 3.05) is 25.0 Å². The maximum Gasteiger partial charge on any atom is 0.490 e. The molecule has 0 unspecified atom stereocenters. The van der Waals surface area contributed by atoms with Crippen LogP contribution in [0.1, 0.15) is 89.6 Å². The van der Waals surface area contributed by atoms with Gasteiger partial charge in [0.25, 0.3) is 5.91 Å². The van der Waals surface area contributed by atoms with Gasteiger partial charge >= 0.3 is 24.3 Å². The lowest BCUT2D eigenvalue weighted by atomic mass is 9.81. The van der Waals surface area contributed by atoms with Crippen LogP contribution in [0.25, 0.3) is 22.5 Å². The fourth-order valence-corrected chi connectivity index (χ4v) is 7.51. The summed E-state index contributed by atoms with van der Waals surface area (Å²) in [5, 5.41) is 32.7. The highest BCUT2D eigenvalue weighted by Crippen LogP contribution is 2.30. The summed E-state index contributed by atoms with van der Waals surface area (Å²) >= 11 is 0. The number of alkyl carbamates (subject to hydrolysis) is 1. The Bertz CT molecular complexity index is 2410. The number of nitrogens with one attached hydrogen (secondary N) is 5. The molecule has 18 nitrogen and oxygen atoms in total. The van der Waals surface area contributed by atoms with Gasteiger partial charge in [0.1, 0.15) is 23.1 Å². The van der Waals surface area contributed by atoms with Crippen LogP contribution in [0.4, 0.5) is 32.8 Å². The van der Waals surface area contributed by atoms with Gasteiger partial charge in [-0.25, -0.2) is 18.8 Å². The van der Waals surface area contributed by atoms with Gasteiger partial charge in [0.05, 0.1) is 5.56 Å². The molecule has 1 aromatic heterocycles. The zero-order valence-electron chi connectivity index (χ0n) is 39.0. The first-order valence-corrected chi connectivity index (χ1v) is 22.2. The number of ether oxygens (including phenoxy) is 2. The van der Waals surface area contributed by atoms with E-state index in [2.05, 4.69) is 41.9 Å². The molecule has 6 N–H and O–H groups in total. The normalized spacial score (nSPS) is 17.6. The second-order valence-corrected chi connectivity index (χ2v) is 18.7. The third kappa shape index (κ3) is 16.3. The van der Waals surface area contributed by atoms with Gasteiger partial charge in [0, 0.05) is 54.8 Å². The summed E-state index contributed by atoms with van der Waals surface area (Å²) in [6.45, 7) is 11.9. The molecule has 1 saturated heterocycles. The van der Waals surface area contributed by atoms with Crippen molar-refractivity contribution in [1.29, 1.82) is 0 Å². The van der Waals surface area contributed by atoms with Crippen molar-refractivity contribution in [3.05, 3.63) is 83.7 Å². The predicted molar refractivity (Wildman–Crippen MR) is 243 cm³/mol. The molecule has 1 aliphatic carbocycles. The number of carboxylic acid groups (broad SMARTS) is 1. The number of alkyl halides is 3. The fraction of sp³-hybridized carbons (Fsp3) is 0.468. The number of hydrogen-bond donors (Lipinski definition) is 6. The van der Waals surface area contributed by atoms with E-state index in [1.165, 1.54) is 11.0 Å². The van der Waals surface area contributed by atoms with Crippen molar-refractivity contribution in [3.63, 3.8) is 0 Å². The third-order valence-electron chi connectivity index (χ3n) is 10.9. The standard InChI is InChI=1S/C45H56FN9O7.C2HF3O2/c1-44(2,3)61-42(59)47-25-28-12-16-31(17-13-28)39(56)50-36(41(58)48-32-20-18-30(19-21-32)38-51-53-54-52-38)24-27-10-14-29(15-11-27)34-8-7-9-35(37(34)46)40(57)49-33-22-23-55(26-33)43(60)62-45(4,5)6;3-2(4,5)1(6)7/h7-11,14-15,18-21,28,31,33,36H,12-13,16-17,22-26H2,1-6H3,(H,47,59)(H,48,58)(H,49,57)(H,50,56)(H,51,52,53,54);(H,6,7)/t28?,31?,33-,36+;/m1./s1. The number of carbonyl (C=O) groups excluding carboxylic acids is 5. The number of hydrogen-bond acceptors (Lipinski definition) is 11. The minimum atomic E-state index is -5.08. The predicted octanol–water partition coefficient (Wildman–Crippen LogP) is 7.04. The molecule has 1 saturated carbocycles. The van der Waals surface area contributed by atoms with E-state index in [4.69, 9.17) is 19.4 Å². The van der Waals surface area contributed by atoms with E-state index in [9.17, 15) is 37.1 Å². The molecule has 2 aliphatic rings. The van der Waals surface area contributed by atoms with Crippen LogP contribution in [0.5, 0.6) is 0 Å². The second-order valence-electron chi connectivity index (χ2n) is 18.7. The monoisotopic (exact) mass is 967 g/mol. The van der Waals surface area contributed by atoms with Gasteiger partial charge < -0.3 is 40.7 Å². The molecule has 3 aromatic carbocycles. The number of tetrazole rings is 1. The largest absolute Gasteiger partial charge is 0.490 e. The molecular weight excluding hydrogens is 911 g/mol. The van der Waals surface area contributed by atoms with Crippen LogP contribution in [-0.2, 0) is 30.3 Å². The number of rotatable bonds is 12. The Labute approximate surface area is 395 Å². The first-order chi connectivity index (χ1) is 32.3. The SMILES string of the molecule is CC(C)(C)OC(=O)NCC1CCC(C(=O)N[C@@H](Cc2ccc(-c3cccc(C(=O)N[C@@H]4CCN(C(=O)OC(C)(C)C)C4)c3F)cc2)C(=O)Nc2ccc(-c3nn[nH]n3)cc2)CC1.O=C(O)C(F)(F)F. The Morgan fingerprint density at radius 3 is 2.04 bits per heavy atom. The molecule has 6 rings (SSSR count). The molecule has 2 atom stereocenters. The highest BCUT2D eigenvalue weighted by Gasteiger charge is 2.38. The Hall–Kier alpha value is -7.13. The molecule has 69 heavy (non-hydrogen) atoms. The number of anilines is 1. The number of amides is 5. The summed E-state index contributed by atoms with van der Waals surface area (Å²) in [6.07, 6.45) is -2.71. The quantitative estimate of drug-likeness (QED) is 0.0783. The number of H-pyrrole nitrogens is 1. The van der Waals surface area contributed by atoms with Crippen molar-refractivity contribution < 1.29 is 60.9 Å². The summed E-state index contributed by atoms with van der Waals surface area (Å²) in [5.74, 6) is -4.41. The molecule has 2 fully saturated rings. The number of carbonyl (C=O) groups is 6. The molecule has 0 radical (unpaired) electrons. The highest BCUT2D eigenvalue weighted by molar-refractivity contribution is 5.98. The van der Waals surface area contributed by atoms with Crippen molar-refractivity contribution in [3.8, 4) is 22.5 Å². The lowest BCUT2D eigenvalue weighted by Crippen LogP contribution is -2.48. The molecule has 1 aliphatic heterocycles. The minimum Gasteiger partial charge on any atom is -0.475 e. The van der Waals surface area contributed by atoms with Crippen molar-refractivity contribution in [2.24, 2.45) is 11.8 Å². The van der Waals surface area contributed by atoms with Crippen molar-refractivity contribution in [2.45, 2.75) is 110 Å². The first-order valence-electron chi connectivity index (χ1n) is 22.2. The lowest BCUT2D eigenvalue weighted by molar-refractivity contribution is -0.192. The number of benzene rings is 3. The topological polar surface area (TPSA) is 247 Å².